The monoisotopic (exact) mass is 452 g/mol. The Morgan fingerprint density at radius 3 is 2.41 bits per heavy atom. The maximum absolute atomic E-state index is 11.5. The van der Waals surface area contributed by atoms with E-state index in [0.29, 0.717) is 56.9 Å². The Bertz CT molecular complexity index is 589. The smallest absolute Gasteiger partial charge is 0.154 e. The second-order valence-electron chi connectivity index (χ2n) is 8.87. The summed E-state index contributed by atoms with van der Waals surface area (Å²) in [6.07, 6.45) is 10.6. The summed E-state index contributed by atoms with van der Waals surface area (Å²) in [4.78, 5) is 45.7. The average Bonchev–Trinajstić information content (AvgIpc) is 2.80. The molecule has 7 heteroatoms. The van der Waals surface area contributed by atoms with Crippen molar-refractivity contribution in [3.8, 4) is 0 Å². The maximum Gasteiger partial charge on any atom is 0.154 e. The van der Waals surface area contributed by atoms with Gasteiger partial charge in [0.2, 0.25) is 0 Å². The van der Waals surface area contributed by atoms with Gasteiger partial charge in [0.15, 0.2) is 6.29 Å². The molecule has 1 aliphatic heterocycles. The van der Waals surface area contributed by atoms with Crippen LogP contribution in [0.15, 0.2) is 11.6 Å². The summed E-state index contributed by atoms with van der Waals surface area (Å²) < 4.78 is 5.46. The molecule has 1 rings (SSSR count). The lowest BCUT2D eigenvalue weighted by molar-refractivity contribution is -0.178. The van der Waals surface area contributed by atoms with E-state index in [1.807, 2.05) is 6.08 Å². The Labute approximate surface area is 191 Å². The van der Waals surface area contributed by atoms with Gasteiger partial charge in [-0.3, -0.25) is 4.79 Å². The largest absolute Gasteiger partial charge is 0.392 e. The molecule has 6 unspecified atom stereocenters. The number of rotatable bonds is 18. The number of hydrogen-bond donors (Lipinski definition) is 2. The predicted molar refractivity (Wildman–Crippen MR) is 121 cm³/mol. The van der Waals surface area contributed by atoms with Crippen molar-refractivity contribution in [1.29, 1.82) is 0 Å². The molecule has 1 fully saturated rings. The standard InChI is InChI=1S/C25H40O7/c1-2-3-4-7-19(15-26)12-13-23(30)21(17-28)9-5-8-20(16-27)14-22(18-29)24-10-6-11-25(31)32-24/h7,15-18,20-25,30-31H,2-6,8-14H2,1H3/b19-7+. The van der Waals surface area contributed by atoms with E-state index < -0.39 is 24.2 Å². The molecule has 0 aromatic rings. The first-order valence-corrected chi connectivity index (χ1v) is 12.0. The van der Waals surface area contributed by atoms with Crippen LogP contribution in [0.1, 0.15) is 84.0 Å². The number of hydrogen-bond acceptors (Lipinski definition) is 7. The van der Waals surface area contributed by atoms with Crippen molar-refractivity contribution in [3.63, 3.8) is 0 Å². The molecular weight excluding hydrogens is 412 g/mol. The topological polar surface area (TPSA) is 118 Å². The third-order valence-electron chi connectivity index (χ3n) is 6.32. The van der Waals surface area contributed by atoms with E-state index in [2.05, 4.69) is 6.92 Å². The molecule has 0 saturated carbocycles. The van der Waals surface area contributed by atoms with Gasteiger partial charge in [-0.15, -0.1) is 0 Å². The zero-order valence-electron chi connectivity index (χ0n) is 19.3. The van der Waals surface area contributed by atoms with Gasteiger partial charge in [0.1, 0.15) is 25.1 Å². The highest BCUT2D eigenvalue weighted by molar-refractivity contribution is 5.73. The van der Waals surface area contributed by atoms with E-state index in [1.165, 1.54) is 0 Å². The molecule has 32 heavy (non-hydrogen) atoms. The Morgan fingerprint density at radius 1 is 1.03 bits per heavy atom. The van der Waals surface area contributed by atoms with Crippen LogP contribution in [0.5, 0.6) is 0 Å². The van der Waals surface area contributed by atoms with Crippen molar-refractivity contribution in [3.05, 3.63) is 11.6 Å². The molecule has 0 aliphatic carbocycles. The molecule has 1 saturated heterocycles. The Balaban J connectivity index is 2.46. The van der Waals surface area contributed by atoms with Crippen molar-refractivity contribution in [1.82, 2.24) is 0 Å². The molecule has 6 atom stereocenters. The van der Waals surface area contributed by atoms with Gasteiger partial charge in [-0.1, -0.05) is 32.3 Å². The van der Waals surface area contributed by atoms with Crippen LogP contribution in [0.2, 0.25) is 0 Å². The molecule has 0 aromatic carbocycles. The highest BCUT2D eigenvalue weighted by Gasteiger charge is 2.30. The van der Waals surface area contributed by atoms with Crippen LogP contribution in [0.3, 0.4) is 0 Å². The minimum absolute atomic E-state index is 0.339. The number of carbonyl (C=O) groups excluding carboxylic acids is 4. The molecule has 1 heterocycles. The van der Waals surface area contributed by atoms with E-state index in [9.17, 15) is 29.4 Å². The van der Waals surface area contributed by atoms with E-state index in [0.717, 1.165) is 50.8 Å². The molecule has 1 aliphatic rings. The molecular formula is C25H40O7. The summed E-state index contributed by atoms with van der Waals surface area (Å²) in [5.41, 5.74) is 0.651. The normalized spacial score (nSPS) is 23.0. The van der Waals surface area contributed by atoms with Crippen molar-refractivity contribution in [2.75, 3.05) is 0 Å². The zero-order valence-corrected chi connectivity index (χ0v) is 19.3. The minimum atomic E-state index is -0.859. The molecule has 0 radical (unpaired) electrons. The van der Waals surface area contributed by atoms with Crippen LogP contribution in [0, 0.1) is 17.8 Å². The summed E-state index contributed by atoms with van der Waals surface area (Å²) in [5.74, 6) is -1.35. The van der Waals surface area contributed by atoms with E-state index >= 15 is 0 Å². The maximum atomic E-state index is 11.5. The molecule has 7 nitrogen and oxygen atoms in total. The third-order valence-corrected chi connectivity index (χ3v) is 6.32. The number of carbonyl (C=O) groups is 4. The fourth-order valence-electron chi connectivity index (χ4n) is 4.23. The Kier molecular flexibility index (Phi) is 14.9. The molecule has 0 bridgehead atoms. The molecule has 2 N–H and O–H groups in total. The van der Waals surface area contributed by atoms with E-state index in [-0.39, 0.29) is 12.0 Å². The summed E-state index contributed by atoms with van der Waals surface area (Å²) >= 11 is 0. The number of aliphatic hydroxyl groups excluding tert-OH is 2. The number of aldehydes is 4. The Hall–Kier alpha value is -1.70. The van der Waals surface area contributed by atoms with Crippen molar-refractivity contribution in [2.24, 2.45) is 17.8 Å². The number of allylic oxidation sites excluding steroid dienone is 2. The average molecular weight is 453 g/mol. The van der Waals surface area contributed by atoms with E-state index in [1.54, 1.807) is 0 Å². The summed E-state index contributed by atoms with van der Waals surface area (Å²) in [5, 5.41) is 20.1. The van der Waals surface area contributed by atoms with Gasteiger partial charge in [-0.25, -0.2) is 0 Å². The van der Waals surface area contributed by atoms with Gasteiger partial charge >= 0.3 is 0 Å². The SMILES string of the molecule is CCCC/C=C(/C=O)CCC(O)C(C=O)CCCC(C=O)CC(C=O)C1CCCC(O)O1. The summed E-state index contributed by atoms with van der Waals surface area (Å²) in [7, 11) is 0. The van der Waals surface area contributed by atoms with Crippen LogP contribution in [-0.2, 0) is 23.9 Å². The first-order chi connectivity index (χ1) is 15.5. The highest BCUT2D eigenvalue weighted by Crippen LogP contribution is 2.28. The lowest BCUT2D eigenvalue weighted by Gasteiger charge is -2.31. The zero-order chi connectivity index (χ0) is 23.8. The summed E-state index contributed by atoms with van der Waals surface area (Å²) in [6, 6.07) is 0. The number of aliphatic hydroxyl groups is 2. The molecule has 0 aromatic heterocycles. The van der Waals surface area contributed by atoms with Gasteiger partial charge in [-0.05, 0) is 63.4 Å². The Morgan fingerprint density at radius 2 is 1.81 bits per heavy atom. The van der Waals surface area contributed by atoms with Gasteiger partial charge in [0, 0.05) is 17.8 Å². The minimum Gasteiger partial charge on any atom is -0.392 e. The fraction of sp³-hybridized carbons (Fsp3) is 0.760. The lowest BCUT2D eigenvalue weighted by atomic mass is 9.85. The second kappa shape index (κ2) is 16.9. The van der Waals surface area contributed by atoms with E-state index in [4.69, 9.17) is 4.74 Å². The van der Waals surface area contributed by atoms with Crippen molar-refractivity contribution < 1.29 is 34.1 Å². The van der Waals surface area contributed by atoms with Crippen LogP contribution in [-0.4, -0.2) is 53.9 Å². The van der Waals surface area contributed by atoms with Gasteiger partial charge in [0.05, 0.1) is 12.2 Å². The van der Waals surface area contributed by atoms with Crippen LogP contribution >= 0.6 is 0 Å². The molecule has 0 amide bonds. The highest BCUT2D eigenvalue weighted by atomic mass is 16.6. The van der Waals surface area contributed by atoms with Crippen LogP contribution < -0.4 is 0 Å². The molecule has 0 spiro atoms. The van der Waals surface area contributed by atoms with Gasteiger partial charge < -0.3 is 29.3 Å². The van der Waals surface area contributed by atoms with Crippen LogP contribution in [0.25, 0.3) is 0 Å². The van der Waals surface area contributed by atoms with Crippen molar-refractivity contribution in [2.45, 2.75) is 102 Å². The first-order valence-electron chi connectivity index (χ1n) is 12.0. The second-order valence-corrected chi connectivity index (χ2v) is 8.87. The first kappa shape index (κ1) is 28.3. The van der Waals surface area contributed by atoms with Gasteiger partial charge in [0.25, 0.3) is 0 Å². The number of unbranched alkanes of at least 4 members (excludes halogenated alkanes) is 2. The molecule has 182 valence electrons. The fourth-order valence-corrected chi connectivity index (χ4v) is 4.23. The van der Waals surface area contributed by atoms with Crippen LogP contribution in [0.4, 0.5) is 0 Å². The predicted octanol–water partition coefficient (Wildman–Crippen LogP) is 3.34. The summed E-state index contributed by atoms with van der Waals surface area (Å²) in [6.45, 7) is 2.08. The van der Waals surface area contributed by atoms with Gasteiger partial charge in [-0.2, -0.15) is 0 Å². The van der Waals surface area contributed by atoms with Crippen molar-refractivity contribution >= 4 is 25.1 Å². The third kappa shape index (κ3) is 10.7. The quantitative estimate of drug-likeness (QED) is 0.186. The number of ether oxygens (including phenoxy) is 1. The lowest BCUT2D eigenvalue weighted by Crippen LogP contribution is -2.35.